The summed E-state index contributed by atoms with van der Waals surface area (Å²) >= 11 is 5.22. The van der Waals surface area contributed by atoms with Crippen LogP contribution in [0.2, 0.25) is 0 Å². The molecule has 0 bridgehead atoms. The molecule has 0 aliphatic carbocycles. The molecule has 0 fully saturated rings. The molecule has 80 valence electrons. The summed E-state index contributed by atoms with van der Waals surface area (Å²) in [7, 11) is 1.95. The minimum atomic E-state index is 0.255. The molecule has 0 aromatic carbocycles. The number of likely N-dealkylation sites (N-methyl/N-ethyl adjacent to an activating group) is 1. The highest BCUT2D eigenvalue weighted by molar-refractivity contribution is 9.10. The Balaban J connectivity index is 2.09. The first-order valence-corrected chi connectivity index (χ1v) is 6.40. The summed E-state index contributed by atoms with van der Waals surface area (Å²) in [6.45, 7) is 0. The summed E-state index contributed by atoms with van der Waals surface area (Å²) in [6.07, 6.45) is 2.67. The van der Waals surface area contributed by atoms with Crippen LogP contribution in [0.3, 0.4) is 0 Å². The molecule has 0 aliphatic rings. The molecule has 2 aromatic heterocycles. The number of furan rings is 1. The van der Waals surface area contributed by atoms with Gasteiger partial charge >= 0.3 is 0 Å². The predicted octanol–water partition coefficient (Wildman–Crippen LogP) is 3.61. The molecule has 1 unspecified atom stereocenters. The van der Waals surface area contributed by atoms with E-state index < -0.39 is 0 Å². The first-order valence-electron chi connectivity index (χ1n) is 4.73. The summed E-state index contributed by atoms with van der Waals surface area (Å²) < 4.78 is 6.55. The van der Waals surface area contributed by atoms with Gasteiger partial charge < -0.3 is 9.73 Å². The lowest BCUT2D eigenvalue weighted by Crippen LogP contribution is -2.17. The molecule has 0 spiro atoms. The van der Waals surface area contributed by atoms with Crippen molar-refractivity contribution in [3.8, 4) is 0 Å². The average molecular weight is 286 g/mol. The Kier molecular flexibility index (Phi) is 3.61. The summed E-state index contributed by atoms with van der Waals surface area (Å²) in [6, 6.07) is 6.33. The van der Waals surface area contributed by atoms with Crippen LogP contribution in [-0.2, 0) is 6.42 Å². The fourth-order valence-electron chi connectivity index (χ4n) is 1.50. The van der Waals surface area contributed by atoms with E-state index >= 15 is 0 Å². The van der Waals surface area contributed by atoms with Crippen LogP contribution in [0.1, 0.15) is 16.7 Å². The molecule has 0 saturated carbocycles. The molecular weight excluding hydrogens is 274 g/mol. The Bertz CT molecular complexity index is 410. The second-order valence-corrected chi connectivity index (χ2v) is 5.20. The zero-order chi connectivity index (χ0) is 10.7. The molecule has 2 heterocycles. The van der Waals surface area contributed by atoms with Crippen LogP contribution in [0.25, 0.3) is 0 Å². The van der Waals surface area contributed by atoms with E-state index in [-0.39, 0.29) is 6.04 Å². The van der Waals surface area contributed by atoms with E-state index in [1.165, 1.54) is 4.88 Å². The summed E-state index contributed by atoms with van der Waals surface area (Å²) in [5.41, 5.74) is 0. The smallest absolute Gasteiger partial charge is 0.121 e. The van der Waals surface area contributed by atoms with Crippen molar-refractivity contribution in [2.75, 3.05) is 7.05 Å². The van der Waals surface area contributed by atoms with Crippen molar-refractivity contribution in [3.63, 3.8) is 0 Å². The summed E-state index contributed by atoms with van der Waals surface area (Å²) in [4.78, 5) is 1.35. The highest BCUT2D eigenvalue weighted by atomic mass is 79.9. The molecular formula is C11H12BrNOS. The fraction of sp³-hybridized carbons (Fsp3) is 0.273. The van der Waals surface area contributed by atoms with E-state index in [2.05, 4.69) is 32.7 Å². The van der Waals surface area contributed by atoms with Gasteiger partial charge in [0.05, 0.1) is 12.3 Å². The van der Waals surface area contributed by atoms with Crippen molar-refractivity contribution in [3.05, 3.63) is 45.0 Å². The van der Waals surface area contributed by atoms with Crippen molar-refractivity contribution >= 4 is 27.3 Å². The largest absolute Gasteiger partial charge is 0.468 e. The summed E-state index contributed by atoms with van der Waals surface area (Å²) in [5.74, 6) is 0.988. The van der Waals surface area contributed by atoms with E-state index in [1.807, 2.05) is 19.2 Å². The van der Waals surface area contributed by atoms with Crippen LogP contribution in [0.5, 0.6) is 0 Å². The third-order valence-electron chi connectivity index (χ3n) is 2.26. The topological polar surface area (TPSA) is 25.2 Å². The number of rotatable bonds is 4. The Morgan fingerprint density at radius 3 is 3.00 bits per heavy atom. The molecule has 1 atom stereocenters. The number of halogens is 1. The zero-order valence-corrected chi connectivity index (χ0v) is 10.8. The first kappa shape index (κ1) is 10.9. The van der Waals surface area contributed by atoms with E-state index in [0.717, 1.165) is 16.7 Å². The number of thiophene rings is 1. The quantitative estimate of drug-likeness (QED) is 0.929. The lowest BCUT2D eigenvalue weighted by atomic mass is 10.1. The van der Waals surface area contributed by atoms with Crippen molar-refractivity contribution in [1.29, 1.82) is 0 Å². The second-order valence-electron chi connectivity index (χ2n) is 3.29. The Labute approximate surface area is 101 Å². The highest BCUT2D eigenvalue weighted by Gasteiger charge is 2.13. The minimum absolute atomic E-state index is 0.255. The first-order chi connectivity index (χ1) is 7.29. The average Bonchev–Trinajstić information content (AvgIpc) is 2.85. The van der Waals surface area contributed by atoms with Crippen LogP contribution >= 0.6 is 27.3 Å². The van der Waals surface area contributed by atoms with Crippen LogP contribution in [-0.4, -0.2) is 7.05 Å². The maximum Gasteiger partial charge on any atom is 0.121 e. The standard InChI is InChI=1S/C11H12BrNOS/c1-13-10(11-3-2-4-14-11)6-9-5-8(12)7-15-9/h2-5,7,10,13H,6H2,1H3. The van der Waals surface area contributed by atoms with Gasteiger partial charge in [-0.05, 0) is 41.2 Å². The number of hydrogen-bond acceptors (Lipinski definition) is 3. The van der Waals surface area contributed by atoms with Gasteiger partial charge in [-0.2, -0.15) is 0 Å². The molecule has 0 amide bonds. The SMILES string of the molecule is CNC(Cc1cc(Br)cs1)c1ccco1. The summed E-state index contributed by atoms with van der Waals surface area (Å²) in [5, 5.41) is 5.36. The van der Waals surface area contributed by atoms with Gasteiger partial charge in [0.1, 0.15) is 5.76 Å². The molecule has 0 saturated heterocycles. The number of nitrogens with one attached hydrogen (secondary N) is 1. The van der Waals surface area contributed by atoms with Crippen molar-refractivity contribution < 1.29 is 4.42 Å². The normalized spacial score (nSPS) is 12.9. The minimum Gasteiger partial charge on any atom is -0.468 e. The molecule has 1 N–H and O–H groups in total. The van der Waals surface area contributed by atoms with Crippen LogP contribution < -0.4 is 5.32 Å². The molecule has 4 heteroatoms. The monoisotopic (exact) mass is 285 g/mol. The van der Waals surface area contributed by atoms with E-state index in [9.17, 15) is 0 Å². The third kappa shape index (κ3) is 2.71. The Hall–Kier alpha value is -0.580. The second kappa shape index (κ2) is 4.96. The lowest BCUT2D eigenvalue weighted by Gasteiger charge is -2.11. The van der Waals surface area contributed by atoms with Gasteiger partial charge in [-0.1, -0.05) is 0 Å². The van der Waals surface area contributed by atoms with Crippen molar-refractivity contribution in [2.24, 2.45) is 0 Å². The molecule has 2 aromatic rings. The van der Waals surface area contributed by atoms with Crippen LogP contribution in [0.4, 0.5) is 0 Å². The molecule has 0 radical (unpaired) electrons. The van der Waals surface area contributed by atoms with Crippen LogP contribution in [0.15, 0.2) is 38.7 Å². The van der Waals surface area contributed by atoms with Gasteiger partial charge in [-0.3, -0.25) is 0 Å². The van der Waals surface area contributed by atoms with Gasteiger partial charge in [0.2, 0.25) is 0 Å². The Morgan fingerprint density at radius 1 is 1.60 bits per heavy atom. The van der Waals surface area contributed by atoms with Gasteiger partial charge in [-0.25, -0.2) is 0 Å². The third-order valence-corrected chi connectivity index (χ3v) is 3.98. The van der Waals surface area contributed by atoms with Crippen molar-refractivity contribution in [1.82, 2.24) is 5.32 Å². The molecule has 2 rings (SSSR count). The number of hydrogen-bond donors (Lipinski definition) is 1. The van der Waals surface area contributed by atoms with Gasteiger partial charge in [0.25, 0.3) is 0 Å². The maximum absolute atomic E-state index is 5.40. The Morgan fingerprint density at radius 2 is 2.47 bits per heavy atom. The maximum atomic E-state index is 5.40. The van der Waals surface area contributed by atoms with Gasteiger partial charge in [0.15, 0.2) is 0 Å². The van der Waals surface area contributed by atoms with Crippen LogP contribution in [0, 0.1) is 0 Å². The molecule has 0 aliphatic heterocycles. The van der Waals surface area contributed by atoms with Gasteiger partial charge in [-0.15, -0.1) is 11.3 Å². The van der Waals surface area contributed by atoms with E-state index in [1.54, 1.807) is 17.6 Å². The highest BCUT2D eigenvalue weighted by Crippen LogP contribution is 2.25. The predicted molar refractivity (Wildman–Crippen MR) is 66.2 cm³/mol. The zero-order valence-electron chi connectivity index (χ0n) is 8.37. The van der Waals surface area contributed by atoms with Crippen molar-refractivity contribution in [2.45, 2.75) is 12.5 Å². The van der Waals surface area contributed by atoms with E-state index in [0.29, 0.717) is 0 Å². The molecule has 2 nitrogen and oxygen atoms in total. The van der Waals surface area contributed by atoms with Gasteiger partial charge in [0, 0.05) is 21.2 Å². The molecule has 15 heavy (non-hydrogen) atoms. The fourth-order valence-corrected chi connectivity index (χ4v) is 2.99. The lowest BCUT2D eigenvalue weighted by molar-refractivity contribution is 0.431. The van der Waals surface area contributed by atoms with E-state index in [4.69, 9.17) is 4.42 Å².